The van der Waals surface area contributed by atoms with Crippen molar-refractivity contribution in [2.24, 2.45) is 0 Å². The van der Waals surface area contributed by atoms with Crippen LogP contribution in [0, 0.1) is 0 Å². The third-order valence-electron chi connectivity index (χ3n) is 5.35. The summed E-state index contributed by atoms with van der Waals surface area (Å²) in [5.41, 5.74) is -0.788. The largest absolute Gasteiger partial charge is 0.444 e. The number of carbonyl (C=O) groups excluding carboxylic acids is 3. The first-order chi connectivity index (χ1) is 18.1. The highest BCUT2D eigenvalue weighted by molar-refractivity contribution is 6.12. The van der Waals surface area contributed by atoms with E-state index in [0.29, 0.717) is 6.07 Å². The van der Waals surface area contributed by atoms with Crippen LogP contribution in [0.2, 0.25) is 0 Å². The summed E-state index contributed by atoms with van der Waals surface area (Å²) in [5.74, 6) is -1.39. The molecule has 0 aliphatic carbocycles. The summed E-state index contributed by atoms with van der Waals surface area (Å²) in [7, 11) is 2.83. The van der Waals surface area contributed by atoms with Crippen LogP contribution in [0.3, 0.4) is 0 Å². The lowest BCUT2D eigenvalue weighted by Crippen LogP contribution is -2.28. The van der Waals surface area contributed by atoms with Gasteiger partial charge in [-0.3, -0.25) is 19.9 Å². The molecule has 0 saturated heterocycles. The summed E-state index contributed by atoms with van der Waals surface area (Å²) < 4.78 is 46.7. The topological polar surface area (TPSA) is 101 Å². The molecule has 1 aromatic heterocycles. The summed E-state index contributed by atoms with van der Waals surface area (Å²) >= 11 is 0. The van der Waals surface area contributed by atoms with Crippen molar-refractivity contribution < 1.29 is 32.3 Å². The lowest BCUT2D eigenvalue weighted by Gasteiger charge is -2.24. The molecule has 11 heteroatoms. The number of carbonyl (C=O) groups is 3. The molecule has 0 atom stereocenters. The Bertz CT molecular complexity index is 1370. The zero-order valence-corrected chi connectivity index (χ0v) is 22.1. The standard InChI is InChI=1S/C28H29F3N4O4/c1-27(2,3)39-26(38)34-22-15-23(35(4)5)20(28(29,30)31)14-21(22)33-25(37)16-24(36)19-8-6-7-18(13-19)17-9-11-32-12-10-17/h6-15H,16H2,1-5H3,(H,33,37)(H,34,38). The number of aromatic nitrogens is 1. The Morgan fingerprint density at radius 2 is 1.54 bits per heavy atom. The molecule has 0 bridgehead atoms. The van der Waals surface area contributed by atoms with Crippen LogP contribution in [0.1, 0.15) is 43.1 Å². The molecule has 39 heavy (non-hydrogen) atoms. The monoisotopic (exact) mass is 542 g/mol. The van der Waals surface area contributed by atoms with Crippen molar-refractivity contribution in [3.8, 4) is 11.1 Å². The number of alkyl halides is 3. The number of amides is 2. The highest BCUT2D eigenvalue weighted by atomic mass is 19.4. The van der Waals surface area contributed by atoms with E-state index in [-0.39, 0.29) is 22.6 Å². The van der Waals surface area contributed by atoms with Crippen molar-refractivity contribution in [2.45, 2.75) is 39.0 Å². The molecule has 0 aliphatic heterocycles. The second-order valence-corrected chi connectivity index (χ2v) is 9.90. The van der Waals surface area contributed by atoms with Gasteiger partial charge in [0.05, 0.1) is 29.0 Å². The van der Waals surface area contributed by atoms with Crippen molar-refractivity contribution in [2.75, 3.05) is 29.6 Å². The predicted molar refractivity (Wildman–Crippen MR) is 143 cm³/mol. The first kappa shape index (κ1) is 29.2. The Hall–Kier alpha value is -4.41. The van der Waals surface area contributed by atoms with Crippen LogP contribution >= 0.6 is 0 Å². The summed E-state index contributed by atoms with van der Waals surface area (Å²) in [4.78, 5) is 43.3. The number of rotatable bonds is 7. The molecule has 0 saturated carbocycles. The molecule has 0 radical (unpaired) electrons. The zero-order valence-electron chi connectivity index (χ0n) is 22.1. The fourth-order valence-electron chi connectivity index (χ4n) is 3.66. The van der Waals surface area contributed by atoms with E-state index in [1.807, 2.05) is 0 Å². The number of hydrogen-bond donors (Lipinski definition) is 2. The lowest BCUT2D eigenvalue weighted by atomic mass is 10.0. The minimum Gasteiger partial charge on any atom is -0.444 e. The van der Waals surface area contributed by atoms with Crippen molar-refractivity contribution >= 4 is 34.8 Å². The first-order valence-corrected chi connectivity index (χ1v) is 11.9. The Morgan fingerprint density at radius 3 is 2.13 bits per heavy atom. The Kier molecular flexibility index (Phi) is 8.63. The van der Waals surface area contributed by atoms with Gasteiger partial charge < -0.3 is 15.0 Å². The number of hydrogen-bond acceptors (Lipinski definition) is 6. The van der Waals surface area contributed by atoms with E-state index in [2.05, 4.69) is 15.6 Å². The van der Waals surface area contributed by atoms with Gasteiger partial charge in [-0.1, -0.05) is 18.2 Å². The molecule has 1 heterocycles. The van der Waals surface area contributed by atoms with Gasteiger partial charge >= 0.3 is 12.3 Å². The third-order valence-corrected chi connectivity index (χ3v) is 5.35. The molecule has 2 N–H and O–H groups in total. The number of pyridine rings is 1. The number of nitrogens with zero attached hydrogens (tertiary/aromatic N) is 2. The van der Waals surface area contributed by atoms with E-state index >= 15 is 0 Å². The maximum absolute atomic E-state index is 13.8. The van der Waals surface area contributed by atoms with E-state index in [4.69, 9.17) is 4.74 Å². The molecular weight excluding hydrogens is 513 g/mol. The van der Waals surface area contributed by atoms with Crippen molar-refractivity contribution in [3.63, 3.8) is 0 Å². The van der Waals surface area contributed by atoms with E-state index in [1.54, 1.807) is 69.6 Å². The van der Waals surface area contributed by atoms with E-state index < -0.39 is 41.5 Å². The molecule has 206 valence electrons. The predicted octanol–water partition coefficient (Wildman–Crippen LogP) is 6.39. The van der Waals surface area contributed by atoms with Gasteiger partial charge in [-0.2, -0.15) is 13.2 Å². The molecule has 8 nitrogen and oxygen atoms in total. The number of anilines is 3. The third kappa shape index (κ3) is 8.03. The highest BCUT2D eigenvalue weighted by Crippen LogP contribution is 2.41. The summed E-state index contributed by atoms with van der Waals surface area (Å²) in [6.45, 7) is 4.88. The molecule has 0 aliphatic rings. The SMILES string of the molecule is CN(C)c1cc(NC(=O)OC(C)(C)C)c(NC(=O)CC(=O)c2cccc(-c3ccncc3)c2)cc1C(F)(F)F. The van der Waals surface area contributed by atoms with Gasteiger partial charge in [0.25, 0.3) is 0 Å². The van der Waals surface area contributed by atoms with Gasteiger partial charge in [-0.05, 0) is 62.2 Å². The highest BCUT2D eigenvalue weighted by Gasteiger charge is 2.36. The van der Waals surface area contributed by atoms with Crippen LogP contribution in [0.4, 0.5) is 35.0 Å². The fourth-order valence-corrected chi connectivity index (χ4v) is 3.66. The number of halogens is 3. The summed E-state index contributed by atoms with van der Waals surface area (Å²) in [6.07, 6.45) is -3.10. The fraction of sp³-hybridized carbons (Fsp3) is 0.286. The number of nitrogens with one attached hydrogen (secondary N) is 2. The van der Waals surface area contributed by atoms with Gasteiger partial charge in [-0.25, -0.2) is 4.79 Å². The maximum atomic E-state index is 13.8. The molecular formula is C28H29F3N4O4. The van der Waals surface area contributed by atoms with E-state index in [9.17, 15) is 27.6 Å². The van der Waals surface area contributed by atoms with Gasteiger partial charge in [0, 0.05) is 32.1 Å². The molecule has 0 spiro atoms. The van der Waals surface area contributed by atoms with Crippen molar-refractivity contribution in [1.82, 2.24) is 4.98 Å². The molecule has 0 unspecified atom stereocenters. The van der Waals surface area contributed by atoms with Crippen LogP contribution in [0.25, 0.3) is 11.1 Å². The number of ketones is 1. The minimum absolute atomic E-state index is 0.124. The average Bonchev–Trinajstić information content (AvgIpc) is 2.83. The van der Waals surface area contributed by atoms with Gasteiger partial charge in [0.2, 0.25) is 5.91 Å². The zero-order chi connectivity index (χ0) is 29.0. The molecule has 2 aromatic carbocycles. The van der Waals surface area contributed by atoms with Crippen molar-refractivity contribution in [1.29, 1.82) is 0 Å². The van der Waals surface area contributed by atoms with Crippen LogP contribution in [-0.2, 0) is 15.7 Å². The molecule has 2 amide bonds. The second-order valence-electron chi connectivity index (χ2n) is 9.90. The van der Waals surface area contributed by atoms with Crippen LogP contribution in [0.15, 0.2) is 60.9 Å². The molecule has 0 fully saturated rings. The smallest absolute Gasteiger partial charge is 0.418 e. The first-order valence-electron chi connectivity index (χ1n) is 11.9. The average molecular weight is 543 g/mol. The van der Waals surface area contributed by atoms with Crippen molar-refractivity contribution in [3.05, 3.63) is 72.1 Å². The second kappa shape index (κ2) is 11.5. The summed E-state index contributed by atoms with van der Waals surface area (Å²) in [5, 5.41) is 4.74. The van der Waals surface area contributed by atoms with Gasteiger partial charge in [-0.15, -0.1) is 0 Å². The van der Waals surface area contributed by atoms with Gasteiger partial charge in [0.1, 0.15) is 5.60 Å². The Morgan fingerprint density at radius 1 is 0.897 bits per heavy atom. The van der Waals surface area contributed by atoms with E-state index in [1.165, 1.54) is 19.0 Å². The van der Waals surface area contributed by atoms with Crippen LogP contribution < -0.4 is 15.5 Å². The summed E-state index contributed by atoms with van der Waals surface area (Å²) in [6, 6.07) is 12.0. The quantitative estimate of drug-likeness (QED) is 0.265. The van der Waals surface area contributed by atoms with Gasteiger partial charge in [0.15, 0.2) is 5.78 Å². The maximum Gasteiger partial charge on any atom is 0.418 e. The van der Waals surface area contributed by atoms with E-state index in [0.717, 1.165) is 17.2 Å². The van der Waals surface area contributed by atoms with Crippen LogP contribution in [0.5, 0.6) is 0 Å². The molecule has 3 aromatic rings. The number of ether oxygens (including phenoxy) is 1. The molecule has 3 rings (SSSR count). The number of benzene rings is 2. The minimum atomic E-state index is -4.76. The number of Topliss-reactive ketones (excluding diaryl/α,β-unsaturated/α-hetero) is 1. The normalized spacial score (nSPS) is 11.5. The Labute approximate surface area is 224 Å². The lowest BCUT2D eigenvalue weighted by molar-refractivity contribution is -0.137. The Balaban J connectivity index is 1.89. The van der Waals surface area contributed by atoms with Crippen LogP contribution in [-0.4, -0.2) is 42.5 Å².